The Kier molecular flexibility index (Phi) is 11.4. The van der Waals surface area contributed by atoms with Crippen LogP contribution in [-0.4, -0.2) is 41.5 Å². The Balaban J connectivity index is 2.53. The lowest BCUT2D eigenvalue weighted by Crippen LogP contribution is -2.46. The first-order valence-corrected chi connectivity index (χ1v) is 14.1. The molecule has 0 radical (unpaired) electrons. The van der Waals surface area contributed by atoms with E-state index in [0.29, 0.717) is 24.2 Å². The molecule has 0 aliphatic carbocycles. The highest BCUT2D eigenvalue weighted by Gasteiger charge is 2.42. The number of hydrogen-bond donors (Lipinski definition) is 1. The first kappa shape index (κ1) is 31.4. The van der Waals surface area contributed by atoms with Crippen LogP contribution in [0.3, 0.4) is 0 Å². The number of benzene rings is 2. The van der Waals surface area contributed by atoms with Crippen LogP contribution in [0.2, 0.25) is 0 Å². The third-order valence-corrected chi connectivity index (χ3v) is 7.78. The maximum absolute atomic E-state index is 13.5. The summed E-state index contributed by atoms with van der Waals surface area (Å²) in [6.45, 7) is 13.8. The van der Waals surface area contributed by atoms with Gasteiger partial charge in [0.1, 0.15) is 5.75 Å². The standard InChI is InChI=1S/C31H43NO5S/c1-9-24(28(34)38-30(3,4)5)26(32-27(33)22-16-18-23(36-8)19-17-22)20-25(21-14-12-11-13-15-21)31(6,7)29(35)37-10-2/h11-19,24-26H,9-10,20H2,1-8H3,(H,32,33)/t24-,25?,26-/m1/s1. The molecular weight excluding hydrogens is 498 g/mol. The second-order valence-corrected chi connectivity index (χ2v) is 12.8. The second kappa shape index (κ2) is 13.8. The van der Waals surface area contributed by atoms with E-state index in [1.807, 2.05) is 71.9 Å². The molecule has 0 bridgehead atoms. The molecule has 2 aromatic carbocycles. The molecule has 0 aliphatic heterocycles. The molecule has 0 spiro atoms. The molecule has 0 saturated carbocycles. The zero-order valence-corrected chi connectivity index (χ0v) is 24.8. The summed E-state index contributed by atoms with van der Waals surface area (Å²) in [6, 6.07) is 16.1. The fourth-order valence-corrected chi connectivity index (χ4v) is 5.64. The maximum atomic E-state index is 13.5. The van der Waals surface area contributed by atoms with Crippen LogP contribution in [0.15, 0.2) is 54.6 Å². The Morgan fingerprint density at radius 1 is 0.921 bits per heavy atom. The predicted octanol–water partition coefficient (Wildman–Crippen LogP) is 6.64. The van der Waals surface area contributed by atoms with Gasteiger partial charge in [0, 0.05) is 28.2 Å². The second-order valence-electron chi connectivity index (χ2n) is 11.0. The minimum atomic E-state index is -0.890. The quantitative estimate of drug-likeness (QED) is 0.303. The van der Waals surface area contributed by atoms with Gasteiger partial charge in [0.25, 0.3) is 5.91 Å². The number of carbonyl (C=O) groups is 3. The van der Waals surface area contributed by atoms with Crippen LogP contribution >= 0.6 is 11.8 Å². The number of ether oxygens (including phenoxy) is 2. The van der Waals surface area contributed by atoms with Gasteiger partial charge in [-0.05, 0) is 63.4 Å². The summed E-state index contributed by atoms with van der Waals surface area (Å²) in [6.07, 6.45) is 0.948. The van der Waals surface area contributed by atoms with E-state index in [4.69, 9.17) is 9.47 Å². The van der Waals surface area contributed by atoms with Gasteiger partial charge in [-0.25, -0.2) is 0 Å². The van der Waals surface area contributed by atoms with E-state index >= 15 is 0 Å². The fourth-order valence-electron chi connectivity index (χ4n) is 4.56. The summed E-state index contributed by atoms with van der Waals surface area (Å²) >= 11 is 1.29. The molecule has 1 N–H and O–H groups in total. The average molecular weight is 542 g/mol. The molecule has 0 saturated heterocycles. The van der Waals surface area contributed by atoms with Crippen molar-refractivity contribution in [1.82, 2.24) is 5.32 Å². The van der Waals surface area contributed by atoms with Crippen LogP contribution in [0.25, 0.3) is 0 Å². The van der Waals surface area contributed by atoms with Crippen molar-refractivity contribution in [3.8, 4) is 5.75 Å². The number of carbonyl (C=O) groups excluding carboxylic acids is 3. The lowest BCUT2D eigenvalue weighted by atomic mass is 9.70. The van der Waals surface area contributed by atoms with Crippen LogP contribution in [0.5, 0.6) is 5.75 Å². The molecule has 0 aliphatic rings. The summed E-state index contributed by atoms with van der Waals surface area (Å²) in [4.78, 5) is 40.1. The fraction of sp³-hybridized carbons (Fsp3) is 0.516. The van der Waals surface area contributed by atoms with Crippen LogP contribution in [0.4, 0.5) is 0 Å². The molecule has 0 aromatic heterocycles. The summed E-state index contributed by atoms with van der Waals surface area (Å²) in [5.41, 5.74) is 0.543. The highest BCUT2D eigenvalue weighted by atomic mass is 32.2. The monoisotopic (exact) mass is 541 g/mol. The zero-order valence-electron chi connectivity index (χ0n) is 24.0. The highest BCUT2D eigenvalue weighted by molar-refractivity contribution is 8.14. The normalized spacial score (nSPS) is 14.2. The van der Waals surface area contributed by atoms with Crippen molar-refractivity contribution >= 4 is 28.8 Å². The maximum Gasteiger partial charge on any atom is 0.312 e. The molecule has 0 fully saturated rings. The number of rotatable bonds is 12. The van der Waals surface area contributed by atoms with Gasteiger partial charge in [-0.15, -0.1) is 0 Å². The van der Waals surface area contributed by atoms with Crippen molar-refractivity contribution in [3.05, 3.63) is 65.7 Å². The van der Waals surface area contributed by atoms with Crippen molar-refractivity contribution in [2.75, 3.05) is 13.7 Å². The van der Waals surface area contributed by atoms with Crippen LogP contribution < -0.4 is 10.1 Å². The molecule has 208 valence electrons. The minimum Gasteiger partial charge on any atom is -0.497 e. The molecular formula is C31H43NO5S. The van der Waals surface area contributed by atoms with Crippen molar-refractivity contribution in [1.29, 1.82) is 0 Å². The molecule has 6 nitrogen and oxygen atoms in total. The molecule has 38 heavy (non-hydrogen) atoms. The third-order valence-electron chi connectivity index (χ3n) is 6.67. The Labute approximate surface area is 232 Å². The summed E-state index contributed by atoms with van der Waals surface area (Å²) in [5, 5.41) is 3.19. The molecule has 1 amide bonds. The smallest absolute Gasteiger partial charge is 0.312 e. The van der Waals surface area contributed by atoms with Gasteiger partial charge in [-0.2, -0.15) is 0 Å². The Hall–Kier alpha value is -2.80. The first-order chi connectivity index (χ1) is 17.8. The van der Waals surface area contributed by atoms with E-state index in [2.05, 4.69) is 5.32 Å². The Morgan fingerprint density at radius 3 is 2.03 bits per heavy atom. The van der Waals surface area contributed by atoms with E-state index in [0.717, 1.165) is 5.56 Å². The van der Waals surface area contributed by atoms with Gasteiger partial charge in [-0.1, -0.05) is 69.8 Å². The number of hydrogen-bond acceptors (Lipinski definition) is 6. The summed E-state index contributed by atoms with van der Waals surface area (Å²) < 4.78 is 10.4. The van der Waals surface area contributed by atoms with Gasteiger partial charge < -0.3 is 14.8 Å². The molecule has 7 heteroatoms. The minimum absolute atomic E-state index is 0.0285. The third kappa shape index (κ3) is 8.62. The largest absolute Gasteiger partial charge is 0.497 e. The molecule has 1 unspecified atom stereocenters. The van der Waals surface area contributed by atoms with Crippen molar-refractivity contribution in [2.24, 2.45) is 11.3 Å². The van der Waals surface area contributed by atoms with E-state index < -0.39 is 17.4 Å². The topological polar surface area (TPSA) is 81.7 Å². The van der Waals surface area contributed by atoms with Crippen molar-refractivity contribution < 1.29 is 23.9 Å². The van der Waals surface area contributed by atoms with E-state index in [1.54, 1.807) is 38.3 Å². The average Bonchev–Trinajstić information content (AvgIpc) is 2.86. The lowest BCUT2D eigenvalue weighted by molar-refractivity contribution is -0.155. The first-order valence-electron chi connectivity index (χ1n) is 13.2. The van der Waals surface area contributed by atoms with E-state index in [1.165, 1.54) is 11.8 Å². The van der Waals surface area contributed by atoms with Gasteiger partial charge in [0.05, 0.1) is 19.1 Å². The molecule has 2 aromatic rings. The van der Waals surface area contributed by atoms with Crippen LogP contribution in [0.1, 0.15) is 83.1 Å². The SMILES string of the molecule is CCOC(=O)C(C)(C)C(C[C@@H](NC(=O)c1ccc(OC)cc1)[C@@H](CC)C(=O)SC(C)(C)C)c1ccccc1. The van der Waals surface area contributed by atoms with Gasteiger partial charge in [-0.3, -0.25) is 14.4 Å². The number of nitrogens with one attached hydrogen (secondary N) is 1. The van der Waals surface area contributed by atoms with E-state index in [9.17, 15) is 14.4 Å². The van der Waals surface area contributed by atoms with Gasteiger partial charge >= 0.3 is 5.97 Å². The predicted molar refractivity (Wildman–Crippen MR) is 155 cm³/mol. The van der Waals surface area contributed by atoms with Gasteiger partial charge in [0.2, 0.25) is 0 Å². The number of methoxy groups -OCH3 is 1. The summed E-state index contributed by atoms with van der Waals surface area (Å²) in [5.74, 6) is -0.666. The molecule has 2 rings (SSSR count). The number of thioether (sulfide) groups is 1. The lowest BCUT2D eigenvalue weighted by Gasteiger charge is -2.37. The molecule has 3 atom stereocenters. The Morgan fingerprint density at radius 2 is 1.53 bits per heavy atom. The van der Waals surface area contributed by atoms with Crippen molar-refractivity contribution in [2.45, 2.75) is 78.0 Å². The van der Waals surface area contributed by atoms with Crippen molar-refractivity contribution in [3.63, 3.8) is 0 Å². The summed E-state index contributed by atoms with van der Waals surface area (Å²) in [7, 11) is 1.57. The Bertz CT molecular complexity index is 1060. The highest BCUT2D eigenvalue weighted by Crippen LogP contribution is 2.42. The number of amides is 1. The molecule has 0 heterocycles. The van der Waals surface area contributed by atoms with Crippen LogP contribution in [0, 0.1) is 11.3 Å². The van der Waals surface area contributed by atoms with E-state index in [-0.39, 0.29) is 34.3 Å². The number of esters is 1. The van der Waals surface area contributed by atoms with Gasteiger partial charge in [0.15, 0.2) is 5.12 Å². The van der Waals surface area contributed by atoms with Crippen LogP contribution in [-0.2, 0) is 14.3 Å². The zero-order chi connectivity index (χ0) is 28.5.